The first-order valence-corrected chi connectivity index (χ1v) is 8.22. The van der Waals surface area contributed by atoms with Gasteiger partial charge in [-0.1, -0.05) is 19.3 Å². The van der Waals surface area contributed by atoms with E-state index in [0.29, 0.717) is 5.95 Å². The van der Waals surface area contributed by atoms with Crippen molar-refractivity contribution in [2.45, 2.75) is 46.0 Å². The number of hydrogen-bond acceptors (Lipinski definition) is 6. The molecule has 2 heterocycles. The maximum atomic E-state index is 4.71. The molecule has 1 aliphatic rings. The molecule has 0 unspecified atom stereocenters. The highest BCUT2D eigenvalue weighted by molar-refractivity contribution is 5.45. The Labute approximate surface area is 128 Å². The van der Waals surface area contributed by atoms with E-state index in [9.17, 15) is 0 Å². The number of nitrogens with zero attached hydrogens (tertiary/aromatic N) is 5. The van der Waals surface area contributed by atoms with Gasteiger partial charge in [-0.3, -0.25) is 0 Å². The second-order valence-electron chi connectivity index (χ2n) is 5.44. The van der Waals surface area contributed by atoms with Crippen LogP contribution >= 0.6 is 0 Å². The minimum Gasteiger partial charge on any atom is -0.357 e. The van der Waals surface area contributed by atoms with Gasteiger partial charge in [-0.2, -0.15) is 15.0 Å². The molecule has 0 bridgehead atoms. The first-order valence-electron chi connectivity index (χ1n) is 8.22. The van der Waals surface area contributed by atoms with Gasteiger partial charge in [0.2, 0.25) is 17.8 Å². The van der Waals surface area contributed by atoms with Gasteiger partial charge in [0.15, 0.2) is 0 Å². The van der Waals surface area contributed by atoms with Gasteiger partial charge < -0.3 is 15.1 Å². The van der Waals surface area contributed by atoms with Crippen LogP contribution in [0.5, 0.6) is 0 Å². The largest absolute Gasteiger partial charge is 0.357 e. The molecule has 1 aliphatic heterocycles. The van der Waals surface area contributed by atoms with Crippen LogP contribution in [0, 0.1) is 0 Å². The molecule has 0 aromatic carbocycles. The minimum atomic E-state index is 0.656. The third-order valence-electron chi connectivity index (χ3n) is 4.02. The van der Waals surface area contributed by atoms with E-state index in [1.165, 1.54) is 32.1 Å². The third-order valence-corrected chi connectivity index (χ3v) is 4.02. The molecule has 1 aromatic rings. The SMILES string of the molecule is CCN(CC)c1nc(NC)nc(N2CCCCCCC2)n1. The Kier molecular flexibility index (Phi) is 6.02. The fourth-order valence-corrected chi connectivity index (χ4v) is 2.70. The lowest BCUT2D eigenvalue weighted by Crippen LogP contribution is -2.31. The summed E-state index contributed by atoms with van der Waals surface area (Å²) < 4.78 is 0. The summed E-state index contributed by atoms with van der Waals surface area (Å²) in [5.41, 5.74) is 0. The second kappa shape index (κ2) is 8.00. The molecule has 6 nitrogen and oxygen atoms in total. The Bertz CT molecular complexity index is 424. The van der Waals surface area contributed by atoms with Crippen molar-refractivity contribution >= 4 is 17.8 Å². The van der Waals surface area contributed by atoms with Crippen LogP contribution in [0.1, 0.15) is 46.0 Å². The summed E-state index contributed by atoms with van der Waals surface area (Å²) >= 11 is 0. The molecule has 21 heavy (non-hydrogen) atoms. The van der Waals surface area contributed by atoms with Crippen molar-refractivity contribution in [1.29, 1.82) is 0 Å². The van der Waals surface area contributed by atoms with Gasteiger partial charge >= 0.3 is 0 Å². The average molecular weight is 292 g/mol. The van der Waals surface area contributed by atoms with Crippen molar-refractivity contribution in [3.05, 3.63) is 0 Å². The number of hydrogen-bond donors (Lipinski definition) is 1. The molecule has 0 radical (unpaired) electrons. The van der Waals surface area contributed by atoms with Gasteiger partial charge in [0.1, 0.15) is 0 Å². The zero-order chi connectivity index (χ0) is 15.1. The Hall–Kier alpha value is -1.59. The topological polar surface area (TPSA) is 57.2 Å². The average Bonchev–Trinajstić information content (AvgIpc) is 2.48. The molecule has 6 heteroatoms. The van der Waals surface area contributed by atoms with Gasteiger partial charge in [-0.25, -0.2) is 0 Å². The Morgan fingerprint density at radius 1 is 0.952 bits per heavy atom. The summed E-state index contributed by atoms with van der Waals surface area (Å²) in [5.74, 6) is 2.25. The predicted octanol–water partition coefficient (Wildman–Crippen LogP) is 2.53. The standard InChI is InChI=1S/C15H28N6/c1-4-20(5-2)14-17-13(16-3)18-15(19-14)21-11-9-7-6-8-10-12-21/h4-12H2,1-3H3,(H,16,17,18,19). The molecule has 0 amide bonds. The van der Waals surface area contributed by atoms with Gasteiger partial charge in [0, 0.05) is 33.2 Å². The third kappa shape index (κ3) is 4.19. The summed E-state index contributed by atoms with van der Waals surface area (Å²) in [7, 11) is 1.86. The van der Waals surface area contributed by atoms with Crippen LogP contribution in [-0.4, -0.2) is 48.2 Å². The van der Waals surface area contributed by atoms with E-state index in [1.807, 2.05) is 7.05 Å². The lowest BCUT2D eigenvalue weighted by Gasteiger charge is -2.26. The number of aromatic nitrogens is 3. The van der Waals surface area contributed by atoms with E-state index >= 15 is 0 Å². The molecule has 1 saturated heterocycles. The van der Waals surface area contributed by atoms with Crippen LogP contribution < -0.4 is 15.1 Å². The molecule has 0 aliphatic carbocycles. The van der Waals surface area contributed by atoms with Crippen LogP contribution in [0.25, 0.3) is 0 Å². The molecule has 118 valence electrons. The molecule has 0 spiro atoms. The Morgan fingerprint density at radius 2 is 1.57 bits per heavy atom. The summed E-state index contributed by atoms with van der Waals surface area (Å²) in [5, 5.41) is 3.06. The highest BCUT2D eigenvalue weighted by atomic mass is 15.4. The molecule has 1 N–H and O–H groups in total. The number of nitrogens with one attached hydrogen (secondary N) is 1. The van der Waals surface area contributed by atoms with E-state index in [-0.39, 0.29) is 0 Å². The number of anilines is 3. The van der Waals surface area contributed by atoms with E-state index < -0.39 is 0 Å². The molecule has 0 atom stereocenters. The monoisotopic (exact) mass is 292 g/mol. The zero-order valence-electron chi connectivity index (χ0n) is 13.6. The van der Waals surface area contributed by atoms with Gasteiger partial charge in [0.25, 0.3) is 0 Å². The Morgan fingerprint density at radius 3 is 2.14 bits per heavy atom. The quantitative estimate of drug-likeness (QED) is 0.900. The molecule has 0 saturated carbocycles. The summed E-state index contributed by atoms with van der Waals surface area (Å²) in [4.78, 5) is 18.2. The summed E-state index contributed by atoms with van der Waals surface area (Å²) in [6.45, 7) is 8.16. The summed E-state index contributed by atoms with van der Waals surface area (Å²) in [6.07, 6.45) is 6.42. The molecule has 2 rings (SSSR count). The fraction of sp³-hybridized carbons (Fsp3) is 0.800. The van der Waals surface area contributed by atoms with E-state index in [2.05, 4.69) is 38.9 Å². The first-order chi connectivity index (χ1) is 10.3. The number of rotatable bonds is 5. The molecule has 1 aromatic heterocycles. The van der Waals surface area contributed by atoms with Crippen LogP contribution in [0.4, 0.5) is 17.8 Å². The summed E-state index contributed by atoms with van der Waals surface area (Å²) in [6, 6.07) is 0. The van der Waals surface area contributed by atoms with Crippen molar-refractivity contribution in [3.63, 3.8) is 0 Å². The van der Waals surface area contributed by atoms with Crippen molar-refractivity contribution in [2.75, 3.05) is 48.3 Å². The van der Waals surface area contributed by atoms with E-state index in [1.54, 1.807) is 0 Å². The van der Waals surface area contributed by atoms with Crippen LogP contribution in [0.2, 0.25) is 0 Å². The Balaban J connectivity index is 2.25. The van der Waals surface area contributed by atoms with Crippen LogP contribution in [0.3, 0.4) is 0 Å². The smallest absolute Gasteiger partial charge is 0.231 e. The first kappa shape index (κ1) is 15.8. The van der Waals surface area contributed by atoms with Crippen LogP contribution in [0.15, 0.2) is 0 Å². The minimum absolute atomic E-state index is 0.656. The van der Waals surface area contributed by atoms with E-state index in [0.717, 1.165) is 38.1 Å². The van der Waals surface area contributed by atoms with Crippen molar-refractivity contribution in [3.8, 4) is 0 Å². The maximum Gasteiger partial charge on any atom is 0.231 e. The van der Waals surface area contributed by atoms with Gasteiger partial charge in [-0.05, 0) is 26.7 Å². The maximum absolute atomic E-state index is 4.71. The lowest BCUT2D eigenvalue weighted by atomic mass is 10.1. The molecular formula is C15H28N6. The van der Waals surface area contributed by atoms with Crippen molar-refractivity contribution in [2.24, 2.45) is 0 Å². The predicted molar refractivity (Wildman–Crippen MR) is 88.2 cm³/mol. The van der Waals surface area contributed by atoms with Gasteiger partial charge in [0.05, 0.1) is 0 Å². The zero-order valence-corrected chi connectivity index (χ0v) is 13.6. The van der Waals surface area contributed by atoms with Crippen LogP contribution in [-0.2, 0) is 0 Å². The van der Waals surface area contributed by atoms with Crippen molar-refractivity contribution < 1.29 is 0 Å². The second-order valence-corrected chi connectivity index (χ2v) is 5.44. The lowest BCUT2D eigenvalue weighted by molar-refractivity contribution is 0.550. The molecular weight excluding hydrogens is 264 g/mol. The highest BCUT2D eigenvalue weighted by Gasteiger charge is 2.16. The normalized spacial score (nSPS) is 16.2. The van der Waals surface area contributed by atoms with Gasteiger partial charge in [-0.15, -0.1) is 0 Å². The van der Waals surface area contributed by atoms with Crippen molar-refractivity contribution in [1.82, 2.24) is 15.0 Å². The fourth-order valence-electron chi connectivity index (χ4n) is 2.70. The van der Waals surface area contributed by atoms with E-state index in [4.69, 9.17) is 4.98 Å². The highest BCUT2D eigenvalue weighted by Crippen LogP contribution is 2.19. The molecule has 1 fully saturated rings.